The normalized spacial score (nSPS) is 12.5. The summed E-state index contributed by atoms with van der Waals surface area (Å²) < 4.78 is 7.03. The van der Waals surface area contributed by atoms with Crippen LogP contribution in [0.1, 0.15) is 18.6 Å². The second kappa shape index (κ2) is 7.03. The fraction of sp³-hybridized carbons (Fsp3) is 0.222. The van der Waals surface area contributed by atoms with Crippen LogP contribution in [0.15, 0.2) is 49.1 Å². The van der Waals surface area contributed by atoms with Gasteiger partial charge in [0.05, 0.1) is 18.5 Å². The third kappa shape index (κ3) is 3.07. The predicted molar refractivity (Wildman–Crippen MR) is 95.7 cm³/mol. The molecule has 0 fully saturated rings. The number of nitrogens with one attached hydrogen (secondary N) is 1. The highest BCUT2D eigenvalue weighted by Gasteiger charge is 2.13. The molecule has 0 bridgehead atoms. The van der Waals surface area contributed by atoms with Gasteiger partial charge in [0.1, 0.15) is 12.4 Å². The lowest BCUT2D eigenvalue weighted by atomic mass is 10.1. The zero-order valence-electron chi connectivity index (χ0n) is 14.2. The minimum Gasteiger partial charge on any atom is -0.386 e. The SMILES string of the molecule is CCOC[C@@H](O)c1cnc2c(cnn2-c2cccc(-c3ncn[nH]3)c2)c1. The Morgan fingerprint density at radius 1 is 1.23 bits per heavy atom. The van der Waals surface area contributed by atoms with Crippen LogP contribution in [0, 0.1) is 0 Å². The Labute approximate surface area is 149 Å². The molecule has 4 rings (SSSR count). The van der Waals surface area contributed by atoms with Crippen LogP contribution < -0.4 is 0 Å². The van der Waals surface area contributed by atoms with Gasteiger partial charge in [0.2, 0.25) is 0 Å². The van der Waals surface area contributed by atoms with Crippen molar-refractivity contribution in [2.24, 2.45) is 0 Å². The summed E-state index contributed by atoms with van der Waals surface area (Å²) in [5.41, 5.74) is 3.20. The summed E-state index contributed by atoms with van der Waals surface area (Å²) >= 11 is 0. The standard InChI is InChI=1S/C18H18N6O2/c1-2-26-10-16(25)13-6-14-9-22-24(18(14)19-8-13)15-5-3-4-12(7-15)17-20-11-21-23-17/h3-9,11,16,25H,2,10H2,1H3,(H,20,21,23)/t16-/m1/s1. The van der Waals surface area contributed by atoms with Crippen molar-refractivity contribution in [3.05, 3.63) is 54.6 Å². The molecule has 0 unspecified atom stereocenters. The summed E-state index contributed by atoms with van der Waals surface area (Å²) in [6.45, 7) is 2.70. The first-order valence-electron chi connectivity index (χ1n) is 8.32. The number of pyridine rings is 1. The van der Waals surface area contributed by atoms with E-state index in [2.05, 4.69) is 25.3 Å². The number of aromatic amines is 1. The first kappa shape index (κ1) is 16.4. The highest BCUT2D eigenvalue weighted by Crippen LogP contribution is 2.23. The molecule has 8 nitrogen and oxygen atoms in total. The molecule has 0 saturated heterocycles. The monoisotopic (exact) mass is 350 g/mol. The Morgan fingerprint density at radius 2 is 2.15 bits per heavy atom. The Kier molecular flexibility index (Phi) is 4.42. The van der Waals surface area contributed by atoms with Crippen molar-refractivity contribution in [1.29, 1.82) is 0 Å². The van der Waals surface area contributed by atoms with E-state index in [1.54, 1.807) is 17.1 Å². The van der Waals surface area contributed by atoms with E-state index in [0.29, 0.717) is 23.6 Å². The predicted octanol–water partition coefficient (Wildman–Crippen LogP) is 2.28. The summed E-state index contributed by atoms with van der Waals surface area (Å²) in [6, 6.07) is 9.68. The Hall–Kier alpha value is -3.10. The highest BCUT2D eigenvalue weighted by molar-refractivity contribution is 5.77. The molecule has 26 heavy (non-hydrogen) atoms. The van der Waals surface area contributed by atoms with E-state index < -0.39 is 6.10 Å². The van der Waals surface area contributed by atoms with Crippen LogP contribution in [0.2, 0.25) is 0 Å². The summed E-state index contributed by atoms with van der Waals surface area (Å²) in [4.78, 5) is 8.66. The molecule has 0 radical (unpaired) electrons. The molecule has 0 aliphatic rings. The van der Waals surface area contributed by atoms with Crippen molar-refractivity contribution in [2.45, 2.75) is 13.0 Å². The van der Waals surface area contributed by atoms with Gasteiger partial charge < -0.3 is 9.84 Å². The van der Waals surface area contributed by atoms with Crippen LogP contribution >= 0.6 is 0 Å². The van der Waals surface area contributed by atoms with Crippen molar-refractivity contribution in [3.8, 4) is 17.1 Å². The largest absolute Gasteiger partial charge is 0.386 e. The molecule has 0 saturated carbocycles. The molecule has 0 amide bonds. The lowest BCUT2D eigenvalue weighted by Gasteiger charge is -2.10. The summed E-state index contributed by atoms with van der Waals surface area (Å²) in [5, 5.41) is 22.2. The number of ether oxygens (including phenoxy) is 1. The first-order valence-corrected chi connectivity index (χ1v) is 8.32. The van der Waals surface area contributed by atoms with Crippen LogP contribution in [0.3, 0.4) is 0 Å². The lowest BCUT2D eigenvalue weighted by molar-refractivity contribution is 0.0419. The summed E-state index contributed by atoms with van der Waals surface area (Å²) in [7, 11) is 0. The fourth-order valence-corrected chi connectivity index (χ4v) is 2.76. The minimum atomic E-state index is -0.704. The zero-order chi connectivity index (χ0) is 17.9. The third-order valence-corrected chi connectivity index (χ3v) is 4.07. The van der Waals surface area contributed by atoms with Gasteiger partial charge in [-0.1, -0.05) is 12.1 Å². The van der Waals surface area contributed by atoms with Gasteiger partial charge in [0.15, 0.2) is 11.5 Å². The van der Waals surface area contributed by atoms with E-state index in [9.17, 15) is 5.11 Å². The van der Waals surface area contributed by atoms with Crippen molar-refractivity contribution >= 4 is 11.0 Å². The van der Waals surface area contributed by atoms with Crippen molar-refractivity contribution in [3.63, 3.8) is 0 Å². The Bertz CT molecular complexity index is 1010. The molecule has 4 aromatic rings. The lowest BCUT2D eigenvalue weighted by Crippen LogP contribution is -2.07. The summed E-state index contributed by atoms with van der Waals surface area (Å²) in [5.74, 6) is 0.692. The maximum absolute atomic E-state index is 10.2. The van der Waals surface area contributed by atoms with E-state index in [0.717, 1.165) is 16.6 Å². The molecular weight excluding hydrogens is 332 g/mol. The minimum absolute atomic E-state index is 0.247. The summed E-state index contributed by atoms with van der Waals surface area (Å²) in [6.07, 6.45) is 4.16. The van der Waals surface area contributed by atoms with Crippen LogP contribution in [0.25, 0.3) is 28.1 Å². The second-order valence-electron chi connectivity index (χ2n) is 5.80. The van der Waals surface area contributed by atoms with Gasteiger partial charge in [-0.2, -0.15) is 10.2 Å². The second-order valence-corrected chi connectivity index (χ2v) is 5.80. The van der Waals surface area contributed by atoms with Crippen LogP contribution in [0.5, 0.6) is 0 Å². The number of hydrogen-bond acceptors (Lipinski definition) is 6. The van der Waals surface area contributed by atoms with Gasteiger partial charge in [0.25, 0.3) is 0 Å². The number of nitrogens with zero attached hydrogens (tertiary/aromatic N) is 5. The quantitative estimate of drug-likeness (QED) is 0.553. The highest BCUT2D eigenvalue weighted by atomic mass is 16.5. The van der Waals surface area contributed by atoms with Crippen molar-refractivity contribution < 1.29 is 9.84 Å². The van der Waals surface area contributed by atoms with Crippen LogP contribution in [0.4, 0.5) is 0 Å². The van der Waals surface area contributed by atoms with Gasteiger partial charge >= 0.3 is 0 Å². The Balaban J connectivity index is 1.69. The average molecular weight is 350 g/mol. The number of hydrogen-bond donors (Lipinski definition) is 2. The number of aliphatic hydroxyl groups is 1. The van der Waals surface area contributed by atoms with Crippen molar-refractivity contribution in [2.75, 3.05) is 13.2 Å². The van der Waals surface area contributed by atoms with E-state index in [1.165, 1.54) is 6.33 Å². The van der Waals surface area contributed by atoms with Gasteiger partial charge in [-0.15, -0.1) is 0 Å². The molecule has 1 atom stereocenters. The van der Waals surface area contributed by atoms with E-state index in [-0.39, 0.29) is 6.61 Å². The molecule has 3 aromatic heterocycles. The molecule has 1 aromatic carbocycles. The Morgan fingerprint density at radius 3 is 2.96 bits per heavy atom. The number of aromatic nitrogens is 6. The van der Waals surface area contributed by atoms with Crippen LogP contribution in [-0.4, -0.2) is 48.3 Å². The maximum atomic E-state index is 10.2. The molecule has 132 valence electrons. The average Bonchev–Trinajstić information content (AvgIpc) is 3.35. The van der Waals surface area contributed by atoms with Gasteiger partial charge in [0, 0.05) is 29.3 Å². The fourth-order valence-electron chi connectivity index (χ4n) is 2.76. The van der Waals surface area contributed by atoms with E-state index in [4.69, 9.17) is 4.74 Å². The topological polar surface area (TPSA) is 102 Å². The van der Waals surface area contributed by atoms with Crippen LogP contribution in [-0.2, 0) is 4.74 Å². The van der Waals surface area contributed by atoms with Gasteiger partial charge in [-0.3, -0.25) is 5.10 Å². The van der Waals surface area contributed by atoms with Crippen molar-refractivity contribution in [1.82, 2.24) is 29.9 Å². The number of aliphatic hydroxyl groups excluding tert-OH is 1. The maximum Gasteiger partial charge on any atom is 0.162 e. The molecule has 0 spiro atoms. The van der Waals surface area contributed by atoms with Gasteiger partial charge in [-0.05, 0) is 25.1 Å². The van der Waals surface area contributed by atoms with Gasteiger partial charge in [-0.25, -0.2) is 14.6 Å². The zero-order valence-corrected chi connectivity index (χ0v) is 14.2. The third-order valence-electron chi connectivity index (χ3n) is 4.07. The first-order chi connectivity index (χ1) is 12.8. The number of benzene rings is 1. The van der Waals surface area contributed by atoms with E-state index in [1.807, 2.05) is 37.3 Å². The molecule has 3 heterocycles. The number of H-pyrrole nitrogens is 1. The molecular formula is C18H18N6O2. The molecule has 2 N–H and O–H groups in total. The number of rotatable bonds is 6. The number of fused-ring (bicyclic) bond motifs is 1. The molecule has 0 aliphatic heterocycles. The molecule has 0 aliphatic carbocycles. The van der Waals surface area contributed by atoms with E-state index >= 15 is 0 Å². The molecule has 8 heteroatoms. The smallest absolute Gasteiger partial charge is 0.162 e.